The van der Waals surface area contributed by atoms with E-state index in [2.05, 4.69) is 194 Å². The SMILES string of the molecule is CC1(C)c2ccccc2-c2c(-c3nc4cc(-c5ccccc5)ccc4nc3-n3c4ccc(-c5ccccc5)cc4c4cc5ccccc5cc43)cccc21. The molecule has 0 atom stereocenters. The van der Waals surface area contributed by atoms with E-state index in [4.69, 9.17) is 9.97 Å². The largest absolute Gasteiger partial charge is 0.292 e. The van der Waals surface area contributed by atoms with Gasteiger partial charge >= 0.3 is 0 Å². The summed E-state index contributed by atoms with van der Waals surface area (Å²) in [4.78, 5) is 11.3. The molecule has 0 unspecified atom stereocenters. The van der Waals surface area contributed by atoms with Crippen LogP contribution in [-0.2, 0) is 5.41 Å². The van der Waals surface area contributed by atoms with Crippen molar-refractivity contribution in [2.45, 2.75) is 19.3 Å². The Morgan fingerprint density at radius 2 is 1.04 bits per heavy atom. The van der Waals surface area contributed by atoms with Gasteiger partial charge in [0.1, 0.15) is 5.69 Å². The number of hydrogen-bond donors (Lipinski definition) is 0. The van der Waals surface area contributed by atoms with Gasteiger partial charge in [-0.25, -0.2) is 9.97 Å². The number of nitrogens with zero attached hydrogens (tertiary/aromatic N) is 3. The van der Waals surface area contributed by atoms with Gasteiger partial charge in [-0.1, -0.05) is 153 Å². The van der Waals surface area contributed by atoms with Crippen molar-refractivity contribution in [3.05, 3.63) is 187 Å². The van der Waals surface area contributed by atoms with Crippen LogP contribution in [0.2, 0.25) is 0 Å². The van der Waals surface area contributed by atoms with Crippen LogP contribution in [0.4, 0.5) is 0 Å². The molecule has 0 bridgehead atoms. The molecule has 2 aromatic heterocycles. The van der Waals surface area contributed by atoms with Gasteiger partial charge in [-0.15, -0.1) is 0 Å². The van der Waals surface area contributed by atoms with Crippen molar-refractivity contribution in [2.75, 3.05) is 0 Å². The molecule has 0 aliphatic heterocycles. The lowest BCUT2D eigenvalue weighted by Gasteiger charge is -2.22. The minimum absolute atomic E-state index is 0.146. The Kier molecular flexibility index (Phi) is 6.60. The van der Waals surface area contributed by atoms with Crippen LogP contribution in [0.3, 0.4) is 0 Å². The highest BCUT2D eigenvalue weighted by Gasteiger charge is 2.37. The monoisotopic (exact) mass is 689 g/mol. The maximum atomic E-state index is 5.64. The highest BCUT2D eigenvalue weighted by atomic mass is 15.1. The second-order valence-electron chi connectivity index (χ2n) is 15.0. The molecule has 0 radical (unpaired) electrons. The first-order valence-electron chi connectivity index (χ1n) is 18.7. The Morgan fingerprint density at radius 1 is 0.426 bits per heavy atom. The third-order valence-electron chi connectivity index (χ3n) is 11.6. The smallest absolute Gasteiger partial charge is 0.165 e. The van der Waals surface area contributed by atoms with Crippen LogP contribution in [0.5, 0.6) is 0 Å². The highest BCUT2D eigenvalue weighted by molar-refractivity contribution is 6.15. The minimum atomic E-state index is -0.146. The highest BCUT2D eigenvalue weighted by Crippen LogP contribution is 2.52. The van der Waals surface area contributed by atoms with E-state index >= 15 is 0 Å². The maximum Gasteiger partial charge on any atom is 0.165 e. The average Bonchev–Trinajstić information content (AvgIpc) is 3.67. The van der Waals surface area contributed by atoms with Crippen molar-refractivity contribution in [2.24, 2.45) is 0 Å². The molecule has 254 valence electrons. The third-order valence-corrected chi connectivity index (χ3v) is 11.6. The minimum Gasteiger partial charge on any atom is -0.292 e. The van der Waals surface area contributed by atoms with Crippen molar-refractivity contribution in [1.82, 2.24) is 14.5 Å². The van der Waals surface area contributed by atoms with Gasteiger partial charge in [0.2, 0.25) is 0 Å². The number of benzene rings is 8. The molecule has 0 amide bonds. The van der Waals surface area contributed by atoms with E-state index in [1.165, 1.54) is 54.9 Å². The van der Waals surface area contributed by atoms with Crippen LogP contribution in [-0.4, -0.2) is 14.5 Å². The van der Waals surface area contributed by atoms with Gasteiger partial charge in [0.25, 0.3) is 0 Å². The zero-order valence-electron chi connectivity index (χ0n) is 30.1. The van der Waals surface area contributed by atoms with Crippen molar-refractivity contribution in [1.29, 1.82) is 0 Å². The molecule has 8 aromatic carbocycles. The lowest BCUT2D eigenvalue weighted by atomic mass is 9.82. The zero-order valence-corrected chi connectivity index (χ0v) is 30.1. The van der Waals surface area contributed by atoms with Gasteiger partial charge in [-0.05, 0) is 91.7 Å². The Hall–Kier alpha value is -6.84. The van der Waals surface area contributed by atoms with E-state index in [0.29, 0.717) is 0 Å². The van der Waals surface area contributed by atoms with Gasteiger partial charge < -0.3 is 0 Å². The Bertz CT molecular complexity index is 3120. The van der Waals surface area contributed by atoms with Gasteiger partial charge in [-0.3, -0.25) is 4.57 Å². The van der Waals surface area contributed by atoms with Crippen LogP contribution in [0.15, 0.2) is 176 Å². The average molecular weight is 690 g/mol. The molecule has 54 heavy (non-hydrogen) atoms. The van der Waals surface area contributed by atoms with Gasteiger partial charge in [-0.2, -0.15) is 0 Å². The second-order valence-corrected chi connectivity index (χ2v) is 15.0. The van der Waals surface area contributed by atoms with Crippen molar-refractivity contribution in [3.63, 3.8) is 0 Å². The molecular weight excluding hydrogens is 655 g/mol. The lowest BCUT2D eigenvalue weighted by molar-refractivity contribution is 0.660. The fourth-order valence-electron chi connectivity index (χ4n) is 8.89. The normalized spacial score (nSPS) is 13.1. The molecule has 3 heteroatoms. The molecule has 0 fully saturated rings. The number of rotatable bonds is 4. The van der Waals surface area contributed by atoms with Crippen LogP contribution in [0.1, 0.15) is 25.0 Å². The van der Waals surface area contributed by atoms with Gasteiger partial charge in [0, 0.05) is 21.8 Å². The molecular formula is C51H35N3. The summed E-state index contributed by atoms with van der Waals surface area (Å²) < 4.78 is 2.37. The number of hydrogen-bond acceptors (Lipinski definition) is 2. The molecule has 0 saturated carbocycles. The van der Waals surface area contributed by atoms with Gasteiger partial charge in [0.15, 0.2) is 5.82 Å². The number of fused-ring (bicyclic) bond motifs is 8. The maximum absolute atomic E-state index is 5.64. The van der Waals surface area contributed by atoms with E-state index in [-0.39, 0.29) is 5.41 Å². The predicted octanol–water partition coefficient (Wildman–Crippen LogP) is 13.2. The van der Waals surface area contributed by atoms with E-state index in [0.717, 1.165) is 50.3 Å². The Morgan fingerprint density at radius 3 is 1.81 bits per heavy atom. The fourth-order valence-corrected chi connectivity index (χ4v) is 8.89. The van der Waals surface area contributed by atoms with Crippen LogP contribution in [0, 0.1) is 0 Å². The van der Waals surface area contributed by atoms with E-state index in [1.54, 1.807) is 0 Å². The fraction of sp³-hybridized carbons (Fsp3) is 0.0588. The van der Waals surface area contributed by atoms with Crippen molar-refractivity contribution >= 4 is 43.6 Å². The lowest BCUT2D eigenvalue weighted by Crippen LogP contribution is -2.14. The Labute approximate surface area is 313 Å². The zero-order chi connectivity index (χ0) is 36.0. The summed E-state index contributed by atoms with van der Waals surface area (Å²) in [6.07, 6.45) is 0. The molecule has 0 N–H and O–H groups in total. The molecule has 0 spiro atoms. The van der Waals surface area contributed by atoms with Crippen molar-refractivity contribution in [3.8, 4) is 50.5 Å². The molecule has 10 aromatic rings. The van der Waals surface area contributed by atoms with Crippen LogP contribution in [0.25, 0.3) is 94.1 Å². The number of aromatic nitrogens is 3. The summed E-state index contributed by atoms with van der Waals surface area (Å²) in [6, 6.07) is 63.4. The van der Waals surface area contributed by atoms with Gasteiger partial charge in [0.05, 0.1) is 22.1 Å². The van der Waals surface area contributed by atoms with E-state index in [9.17, 15) is 0 Å². The first kappa shape index (κ1) is 30.8. The quantitative estimate of drug-likeness (QED) is 0.184. The summed E-state index contributed by atoms with van der Waals surface area (Å²) in [5, 5.41) is 4.79. The third kappa shape index (κ3) is 4.55. The van der Waals surface area contributed by atoms with E-state index in [1.807, 2.05) is 0 Å². The first-order valence-corrected chi connectivity index (χ1v) is 18.7. The summed E-state index contributed by atoms with van der Waals surface area (Å²) in [6.45, 7) is 4.67. The Balaban J connectivity index is 1.27. The van der Waals surface area contributed by atoms with E-state index < -0.39 is 0 Å². The second kappa shape index (κ2) is 11.6. The molecule has 3 nitrogen and oxygen atoms in total. The molecule has 1 aliphatic carbocycles. The standard InChI is InChI=1S/C51H35N3/c1-51(2)42-22-12-11-20-38(42)48-39(21-13-23-43(48)51)49-50(53-44-26-24-37(30-45(44)52-49)33-16-7-4-8-17-33)54-46-27-25-36(32-14-5-3-6-15-32)29-40(46)41-28-34-18-9-10-19-35(34)31-47(41)54/h3-31H,1-2H3. The summed E-state index contributed by atoms with van der Waals surface area (Å²) in [5.41, 5.74) is 15.6. The summed E-state index contributed by atoms with van der Waals surface area (Å²) in [5.74, 6) is 0.827. The first-order chi connectivity index (χ1) is 26.5. The molecule has 1 aliphatic rings. The van der Waals surface area contributed by atoms with Crippen molar-refractivity contribution < 1.29 is 0 Å². The molecule has 0 saturated heterocycles. The van der Waals surface area contributed by atoms with Crippen LogP contribution >= 0.6 is 0 Å². The molecule has 11 rings (SSSR count). The summed E-state index contributed by atoms with van der Waals surface area (Å²) in [7, 11) is 0. The molecule has 2 heterocycles. The summed E-state index contributed by atoms with van der Waals surface area (Å²) >= 11 is 0. The topological polar surface area (TPSA) is 30.7 Å². The van der Waals surface area contributed by atoms with Crippen LogP contribution < -0.4 is 0 Å². The predicted molar refractivity (Wildman–Crippen MR) is 225 cm³/mol.